The second-order valence-corrected chi connectivity index (χ2v) is 4.64. The molecule has 1 saturated heterocycles. The molecule has 2 atom stereocenters. The predicted molar refractivity (Wildman–Crippen MR) is 61.7 cm³/mol. The largest absolute Gasteiger partial charge is 0.295 e. The van der Waals surface area contributed by atoms with E-state index in [-0.39, 0.29) is 0 Å². The highest BCUT2D eigenvalue weighted by atomic mass is 35.5. The number of aryl methyl sites for hydroxylation is 1. The van der Waals surface area contributed by atoms with Crippen molar-refractivity contribution in [1.82, 2.24) is 5.32 Å². The molecular weight excluding hydrogens is 249 g/mol. The van der Waals surface area contributed by atoms with Crippen molar-refractivity contribution >= 4 is 35.0 Å². The molecule has 5 heteroatoms. The Bertz CT molecular complexity index is 473. The summed E-state index contributed by atoms with van der Waals surface area (Å²) in [5, 5.41) is 1.76. The van der Waals surface area contributed by atoms with Gasteiger partial charge in [0.05, 0.1) is 5.92 Å². The summed E-state index contributed by atoms with van der Waals surface area (Å²) in [5.41, 5.74) is 1.57. The van der Waals surface area contributed by atoms with Crippen molar-refractivity contribution in [1.29, 1.82) is 0 Å². The molecule has 2 rings (SSSR count). The van der Waals surface area contributed by atoms with Gasteiger partial charge in [-0.1, -0.05) is 29.3 Å². The summed E-state index contributed by atoms with van der Waals surface area (Å²) >= 11 is 11.9. The van der Waals surface area contributed by atoms with E-state index in [9.17, 15) is 9.59 Å². The monoisotopic (exact) mass is 257 g/mol. The van der Waals surface area contributed by atoms with Crippen molar-refractivity contribution in [3.05, 3.63) is 34.3 Å². The molecule has 0 aliphatic carbocycles. The SMILES string of the molecule is Cc1ccc(Cl)c(C2C(=O)NC(=O)C2Cl)c1. The third-order valence-corrected chi connectivity index (χ3v) is 3.35. The second-order valence-electron chi connectivity index (χ2n) is 3.76. The van der Waals surface area contributed by atoms with Crippen LogP contribution in [0.1, 0.15) is 17.0 Å². The Hall–Kier alpha value is -1.06. The molecule has 0 aromatic heterocycles. The van der Waals surface area contributed by atoms with Crippen LogP contribution in [0.3, 0.4) is 0 Å². The van der Waals surface area contributed by atoms with Crippen LogP contribution in [0.15, 0.2) is 18.2 Å². The highest BCUT2D eigenvalue weighted by Gasteiger charge is 2.42. The maximum atomic E-state index is 11.6. The molecule has 0 bridgehead atoms. The first-order chi connectivity index (χ1) is 7.50. The van der Waals surface area contributed by atoms with E-state index in [1.165, 1.54) is 0 Å². The molecule has 1 N–H and O–H groups in total. The molecule has 1 aliphatic heterocycles. The summed E-state index contributed by atoms with van der Waals surface area (Å²) in [6, 6.07) is 5.32. The fourth-order valence-electron chi connectivity index (χ4n) is 1.75. The van der Waals surface area contributed by atoms with E-state index in [1.54, 1.807) is 12.1 Å². The molecule has 1 aromatic rings. The van der Waals surface area contributed by atoms with Crippen molar-refractivity contribution in [2.24, 2.45) is 0 Å². The number of hydrogen-bond acceptors (Lipinski definition) is 2. The number of alkyl halides is 1. The number of hydrogen-bond donors (Lipinski definition) is 1. The number of benzene rings is 1. The second kappa shape index (κ2) is 4.07. The topological polar surface area (TPSA) is 46.2 Å². The van der Waals surface area contributed by atoms with Crippen LogP contribution in [0.4, 0.5) is 0 Å². The molecule has 84 valence electrons. The average molecular weight is 258 g/mol. The van der Waals surface area contributed by atoms with E-state index in [0.29, 0.717) is 10.6 Å². The lowest BCUT2D eigenvalue weighted by atomic mass is 9.95. The summed E-state index contributed by atoms with van der Waals surface area (Å²) < 4.78 is 0. The van der Waals surface area contributed by atoms with Gasteiger partial charge in [-0.2, -0.15) is 0 Å². The fourth-order valence-corrected chi connectivity index (χ4v) is 2.29. The molecular formula is C11H9Cl2NO2. The Morgan fingerprint density at radius 1 is 1.25 bits per heavy atom. The van der Waals surface area contributed by atoms with Crippen LogP contribution >= 0.6 is 23.2 Å². The standard InChI is InChI=1S/C11H9Cl2NO2/c1-5-2-3-7(12)6(4-5)8-9(13)11(16)14-10(8)15/h2-4,8-9H,1H3,(H,14,15,16). The minimum Gasteiger partial charge on any atom is -0.295 e. The lowest BCUT2D eigenvalue weighted by Gasteiger charge is -2.12. The van der Waals surface area contributed by atoms with Crippen LogP contribution in [0.5, 0.6) is 0 Å². The molecule has 1 heterocycles. The van der Waals surface area contributed by atoms with Crippen LogP contribution in [0, 0.1) is 6.92 Å². The van der Waals surface area contributed by atoms with Gasteiger partial charge in [0, 0.05) is 5.02 Å². The lowest BCUT2D eigenvalue weighted by molar-refractivity contribution is -0.125. The van der Waals surface area contributed by atoms with Crippen molar-refractivity contribution in [2.45, 2.75) is 18.2 Å². The van der Waals surface area contributed by atoms with Crippen molar-refractivity contribution in [3.8, 4) is 0 Å². The van der Waals surface area contributed by atoms with E-state index in [2.05, 4.69) is 5.32 Å². The van der Waals surface area contributed by atoms with E-state index >= 15 is 0 Å². The van der Waals surface area contributed by atoms with Gasteiger partial charge in [0.15, 0.2) is 0 Å². The quantitative estimate of drug-likeness (QED) is 0.618. The van der Waals surface area contributed by atoms with E-state index < -0.39 is 23.1 Å². The van der Waals surface area contributed by atoms with Gasteiger partial charge < -0.3 is 0 Å². The third kappa shape index (κ3) is 1.81. The number of halogens is 2. The number of carbonyl (C=O) groups excluding carboxylic acids is 2. The Kier molecular flexibility index (Phi) is 2.91. The van der Waals surface area contributed by atoms with Gasteiger partial charge in [-0.3, -0.25) is 14.9 Å². The summed E-state index contributed by atoms with van der Waals surface area (Å²) in [5.74, 6) is -1.55. The highest BCUT2D eigenvalue weighted by molar-refractivity contribution is 6.38. The molecule has 3 nitrogen and oxygen atoms in total. The van der Waals surface area contributed by atoms with Gasteiger partial charge in [0.2, 0.25) is 11.8 Å². The van der Waals surface area contributed by atoms with Gasteiger partial charge in [-0.15, -0.1) is 11.6 Å². The first-order valence-corrected chi connectivity index (χ1v) is 5.57. The van der Waals surface area contributed by atoms with Crippen molar-refractivity contribution in [3.63, 3.8) is 0 Å². The minimum absolute atomic E-state index is 0.391. The van der Waals surface area contributed by atoms with Crippen LogP contribution in [-0.4, -0.2) is 17.2 Å². The number of nitrogens with one attached hydrogen (secondary N) is 1. The molecule has 1 aromatic carbocycles. The predicted octanol–water partition coefficient (Wildman–Crippen LogP) is 2.00. The zero-order valence-corrected chi connectivity index (χ0v) is 9.97. The molecule has 1 aliphatic rings. The number of imide groups is 1. The van der Waals surface area contributed by atoms with E-state index in [4.69, 9.17) is 23.2 Å². The maximum absolute atomic E-state index is 11.6. The Morgan fingerprint density at radius 3 is 2.50 bits per heavy atom. The van der Waals surface area contributed by atoms with Crippen LogP contribution in [0.25, 0.3) is 0 Å². The summed E-state index contributed by atoms with van der Waals surface area (Å²) in [4.78, 5) is 22.8. The molecule has 0 saturated carbocycles. The Morgan fingerprint density at radius 2 is 1.94 bits per heavy atom. The maximum Gasteiger partial charge on any atom is 0.245 e. The summed E-state index contributed by atoms with van der Waals surface area (Å²) in [6.45, 7) is 1.89. The first kappa shape index (κ1) is 11.4. The third-order valence-electron chi connectivity index (χ3n) is 2.56. The summed E-state index contributed by atoms with van der Waals surface area (Å²) in [6.07, 6.45) is 0. The first-order valence-electron chi connectivity index (χ1n) is 4.75. The molecule has 0 spiro atoms. The van der Waals surface area contributed by atoms with Gasteiger partial charge >= 0.3 is 0 Å². The highest BCUT2D eigenvalue weighted by Crippen LogP contribution is 2.33. The normalized spacial score (nSPS) is 24.7. The van der Waals surface area contributed by atoms with Gasteiger partial charge in [-0.05, 0) is 18.6 Å². The van der Waals surface area contributed by atoms with Gasteiger partial charge in [-0.25, -0.2) is 0 Å². The number of carbonyl (C=O) groups is 2. The lowest BCUT2D eigenvalue weighted by Crippen LogP contribution is -2.22. The van der Waals surface area contributed by atoms with Crippen LogP contribution in [-0.2, 0) is 9.59 Å². The molecule has 2 unspecified atom stereocenters. The van der Waals surface area contributed by atoms with Gasteiger partial charge in [0.25, 0.3) is 0 Å². The fraction of sp³-hybridized carbons (Fsp3) is 0.273. The number of amides is 2. The average Bonchev–Trinajstić information content (AvgIpc) is 2.46. The van der Waals surface area contributed by atoms with Crippen molar-refractivity contribution in [2.75, 3.05) is 0 Å². The van der Waals surface area contributed by atoms with E-state index in [0.717, 1.165) is 5.56 Å². The molecule has 16 heavy (non-hydrogen) atoms. The zero-order valence-electron chi connectivity index (χ0n) is 8.46. The number of rotatable bonds is 1. The smallest absolute Gasteiger partial charge is 0.245 e. The zero-order chi connectivity index (χ0) is 11.9. The van der Waals surface area contributed by atoms with Crippen LogP contribution in [0.2, 0.25) is 5.02 Å². The molecule has 0 radical (unpaired) electrons. The minimum atomic E-state index is -0.883. The molecule has 1 fully saturated rings. The Balaban J connectivity index is 2.48. The van der Waals surface area contributed by atoms with E-state index in [1.807, 2.05) is 13.0 Å². The Labute approximate surface area is 103 Å². The van der Waals surface area contributed by atoms with Crippen LogP contribution < -0.4 is 5.32 Å². The van der Waals surface area contributed by atoms with Crippen molar-refractivity contribution < 1.29 is 9.59 Å². The summed E-state index contributed by atoms with van der Waals surface area (Å²) in [7, 11) is 0. The van der Waals surface area contributed by atoms with Gasteiger partial charge in [0.1, 0.15) is 5.38 Å². The molecule has 2 amide bonds.